The molecule has 0 saturated heterocycles. The van der Waals surface area contributed by atoms with Gasteiger partial charge < -0.3 is 10.2 Å². The first-order chi connectivity index (χ1) is 5.24. The Morgan fingerprint density at radius 3 is 2.55 bits per heavy atom. The van der Waals surface area contributed by atoms with Gasteiger partial charge >= 0.3 is 0 Å². The van der Waals surface area contributed by atoms with E-state index in [0.717, 1.165) is 0 Å². The van der Waals surface area contributed by atoms with E-state index in [0.29, 0.717) is 5.56 Å². The third-order valence-corrected chi connectivity index (χ3v) is 1.31. The van der Waals surface area contributed by atoms with Gasteiger partial charge in [-0.05, 0) is 19.1 Å². The number of hydrogen-bond donors (Lipinski definition) is 2. The molecule has 1 radical (unpaired) electrons. The van der Waals surface area contributed by atoms with Crippen molar-refractivity contribution in [3.05, 3.63) is 36.8 Å². The van der Waals surface area contributed by atoms with Gasteiger partial charge in [-0.25, -0.2) is 0 Å². The average molecular weight is 149 g/mol. The maximum absolute atomic E-state index is 9.18. The summed E-state index contributed by atoms with van der Waals surface area (Å²) in [7, 11) is 0. The van der Waals surface area contributed by atoms with E-state index in [1.54, 1.807) is 18.2 Å². The van der Waals surface area contributed by atoms with Crippen molar-refractivity contribution in [3.8, 4) is 11.5 Å². The van der Waals surface area contributed by atoms with Crippen molar-refractivity contribution in [3.63, 3.8) is 0 Å². The van der Waals surface area contributed by atoms with Crippen molar-refractivity contribution in [2.24, 2.45) is 0 Å². The van der Waals surface area contributed by atoms with Gasteiger partial charge in [-0.1, -0.05) is 12.2 Å². The number of rotatable bonds is 1. The van der Waals surface area contributed by atoms with Gasteiger partial charge in [0, 0.05) is 11.6 Å². The molecule has 0 aromatic heterocycles. The van der Waals surface area contributed by atoms with Crippen molar-refractivity contribution in [2.45, 2.75) is 0 Å². The molecule has 0 aliphatic heterocycles. The van der Waals surface area contributed by atoms with Crippen molar-refractivity contribution in [1.82, 2.24) is 0 Å². The number of aromatic hydroxyl groups is 2. The van der Waals surface area contributed by atoms with E-state index in [1.807, 2.05) is 0 Å². The molecule has 0 amide bonds. The lowest BCUT2D eigenvalue weighted by atomic mass is 10.2. The van der Waals surface area contributed by atoms with Crippen LogP contribution in [0.25, 0.3) is 6.08 Å². The number of phenolic OH excluding ortho intramolecular Hbond substituents is 2. The summed E-state index contributed by atoms with van der Waals surface area (Å²) in [5.74, 6) is 0.119. The summed E-state index contributed by atoms with van der Waals surface area (Å²) in [6, 6.07) is 4.41. The van der Waals surface area contributed by atoms with E-state index >= 15 is 0 Å². The van der Waals surface area contributed by atoms with Crippen LogP contribution in [0.3, 0.4) is 0 Å². The van der Waals surface area contributed by atoms with Gasteiger partial charge in [0.15, 0.2) is 0 Å². The van der Waals surface area contributed by atoms with Gasteiger partial charge in [0.25, 0.3) is 0 Å². The normalized spacial score (nSPS) is 10.6. The van der Waals surface area contributed by atoms with Crippen LogP contribution in [0.2, 0.25) is 0 Å². The van der Waals surface area contributed by atoms with Crippen LogP contribution >= 0.6 is 0 Å². The fourth-order valence-corrected chi connectivity index (χ4v) is 0.800. The second-order valence-electron chi connectivity index (χ2n) is 2.15. The van der Waals surface area contributed by atoms with Gasteiger partial charge in [-0.15, -0.1) is 0 Å². The van der Waals surface area contributed by atoms with E-state index in [-0.39, 0.29) is 11.5 Å². The predicted molar refractivity (Wildman–Crippen MR) is 44.2 cm³/mol. The molecule has 0 saturated carbocycles. The summed E-state index contributed by atoms with van der Waals surface area (Å²) in [5, 5.41) is 18.1. The topological polar surface area (TPSA) is 40.5 Å². The fourth-order valence-electron chi connectivity index (χ4n) is 0.800. The van der Waals surface area contributed by atoms with Crippen molar-refractivity contribution in [1.29, 1.82) is 0 Å². The van der Waals surface area contributed by atoms with E-state index in [1.165, 1.54) is 12.1 Å². The molecule has 2 nitrogen and oxygen atoms in total. The third-order valence-electron chi connectivity index (χ3n) is 1.31. The SMILES string of the molecule is [CH2]/C=C/c1ccc(O)cc1O. The maximum Gasteiger partial charge on any atom is 0.126 e. The molecule has 1 aromatic rings. The van der Waals surface area contributed by atoms with Gasteiger partial charge in [-0.3, -0.25) is 0 Å². The highest BCUT2D eigenvalue weighted by Crippen LogP contribution is 2.23. The highest BCUT2D eigenvalue weighted by Gasteiger charge is 1.96. The van der Waals surface area contributed by atoms with E-state index in [2.05, 4.69) is 6.92 Å². The van der Waals surface area contributed by atoms with Crippen LogP contribution < -0.4 is 0 Å². The summed E-state index contributed by atoms with van der Waals surface area (Å²) in [6.45, 7) is 3.49. The number of phenols is 2. The molecule has 1 aromatic carbocycles. The van der Waals surface area contributed by atoms with Crippen molar-refractivity contribution >= 4 is 6.08 Å². The Bertz CT molecular complexity index is 277. The lowest BCUT2D eigenvalue weighted by molar-refractivity contribution is 0.450. The summed E-state index contributed by atoms with van der Waals surface area (Å²) < 4.78 is 0. The minimum Gasteiger partial charge on any atom is -0.508 e. The summed E-state index contributed by atoms with van der Waals surface area (Å²) >= 11 is 0. The Kier molecular flexibility index (Phi) is 2.16. The van der Waals surface area contributed by atoms with Crippen LogP contribution in [0.4, 0.5) is 0 Å². The van der Waals surface area contributed by atoms with Crippen LogP contribution in [-0.2, 0) is 0 Å². The maximum atomic E-state index is 9.18. The summed E-state index contributed by atoms with van der Waals surface area (Å²) in [6.07, 6.45) is 3.24. The Hall–Kier alpha value is -1.44. The second-order valence-corrected chi connectivity index (χ2v) is 2.15. The zero-order chi connectivity index (χ0) is 8.27. The van der Waals surface area contributed by atoms with Crippen LogP contribution in [-0.4, -0.2) is 10.2 Å². The molecule has 0 spiro atoms. The molecule has 0 aliphatic carbocycles. The van der Waals surface area contributed by atoms with E-state index < -0.39 is 0 Å². The zero-order valence-electron chi connectivity index (χ0n) is 5.99. The highest BCUT2D eigenvalue weighted by molar-refractivity contribution is 5.58. The molecular weight excluding hydrogens is 140 g/mol. The average Bonchev–Trinajstić information content (AvgIpc) is 1.95. The fraction of sp³-hybridized carbons (Fsp3) is 0. The quantitative estimate of drug-likeness (QED) is 0.640. The van der Waals surface area contributed by atoms with Gasteiger partial charge in [0.2, 0.25) is 0 Å². The van der Waals surface area contributed by atoms with Crippen molar-refractivity contribution in [2.75, 3.05) is 0 Å². The third kappa shape index (κ3) is 1.74. The lowest BCUT2D eigenvalue weighted by Gasteiger charge is -1.98. The van der Waals surface area contributed by atoms with E-state index in [4.69, 9.17) is 5.11 Å². The molecule has 0 unspecified atom stereocenters. The molecule has 0 atom stereocenters. The Morgan fingerprint density at radius 2 is 2.00 bits per heavy atom. The molecular formula is C9H9O2. The molecule has 57 valence electrons. The van der Waals surface area contributed by atoms with Gasteiger partial charge in [-0.2, -0.15) is 0 Å². The molecule has 2 heteroatoms. The monoisotopic (exact) mass is 149 g/mol. The molecule has 0 aliphatic rings. The molecule has 11 heavy (non-hydrogen) atoms. The Morgan fingerprint density at radius 1 is 1.27 bits per heavy atom. The van der Waals surface area contributed by atoms with Gasteiger partial charge in [0.05, 0.1) is 0 Å². The van der Waals surface area contributed by atoms with Crippen LogP contribution in [0, 0.1) is 6.92 Å². The standard InChI is InChI=1S/C9H9O2/c1-2-3-7-4-5-8(10)6-9(7)11/h2-6,10-11H,1H2/b3-2+. The molecule has 1 rings (SSSR count). The first-order valence-electron chi connectivity index (χ1n) is 3.22. The predicted octanol–water partition coefficient (Wildman–Crippen LogP) is 1.95. The van der Waals surface area contributed by atoms with Crippen LogP contribution in [0.15, 0.2) is 24.3 Å². The summed E-state index contributed by atoms with van der Waals surface area (Å²) in [5.41, 5.74) is 0.651. The van der Waals surface area contributed by atoms with Gasteiger partial charge in [0.1, 0.15) is 11.5 Å². The first kappa shape index (κ1) is 7.66. The number of allylic oxidation sites excluding steroid dienone is 1. The molecule has 0 bridgehead atoms. The molecule has 0 heterocycles. The lowest BCUT2D eigenvalue weighted by Crippen LogP contribution is -1.73. The number of hydrogen-bond acceptors (Lipinski definition) is 2. The Labute approximate surface area is 65.4 Å². The zero-order valence-corrected chi connectivity index (χ0v) is 5.99. The van der Waals surface area contributed by atoms with Crippen LogP contribution in [0.1, 0.15) is 5.56 Å². The minimum atomic E-state index is 0.0590. The largest absolute Gasteiger partial charge is 0.508 e. The smallest absolute Gasteiger partial charge is 0.126 e. The molecule has 0 fully saturated rings. The summed E-state index contributed by atoms with van der Waals surface area (Å²) in [4.78, 5) is 0. The number of benzene rings is 1. The van der Waals surface area contributed by atoms with E-state index in [9.17, 15) is 5.11 Å². The van der Waals surface area contributed by atoms with Crippen LogP contribution in [0.5, 0.6) is 11.5 Å². The minimum absolute atomic E-state index is 0.0590. The first-order valence-corrected chi connectivity index (χ1v) is 3.22. The molecule has 2 N–H and O–H groups in total. The van der Waals surface area contributed by atoms with Crippen molar-refractivity contribution < 1.29 is 10.2 Å². The second kappa shape index (κ2) is 3.10. The highest BCUT2D eigenvalue weighted by atomic mass is 16.3. The Balaban J connectivity index is 3.09.